The molecule has 21 nitrogen and oxygen atoms in total. The van der Waals surface area contributed by atoms with Gasteiger partial charge in [0.25, 0.3) is 11.8 Å². The fourth-order valence-electron chi connectivity index (χ4n) is 11.0. The number of thiazole rings is 2. The van der Waals surface area contributed by atoms with Crippen LogP contribution in [0.1, 0.15) is 124 Å². The Balaban J connectivity index is 0.792. The van der Waals surface area contributed by atoms with Crippen LogP contribution in [0, 0.1) is 32.1 Å². The molecule has 2 saturated carbocycles. The van der Waals surface area contributed by atoms with Gasteiger partial charge in [-0.2, -0.15) is 5.10 Å². The number of nitrogens with zero attached hydrogens (tertiary/aromatic N) is 9. The van der Waals surface area contributed by atoms with Crippen LogP contribution in [0.5, 0.6) is 5.75 Å². The molecule has 5 N–H and O–H groups in total. The molecule has 4 amide bonds. The number of unbranched alkanes of at least 4 members (excludes halogenated alkanes) is 2. The number of hydrogen-bond acceptors (Lipinski definition) is 18. The van der Waals surface area contributed by atoms with E-state index in [9.17, 15) is 37.1 Å². The van der Waals surface area contributed by atoms with E-state index in [1.807, 2.05) is 74.0 Å². The first kappa shape index (κ1) is 61.6. The summed E-state index contributed by atoms with van der Waals surface area (Å²) in [6.45, 7) is 11.8. The standard InChI is InChI=1S/C61H74FN13O8S3/c1-36-28-50(70-71-54(36)69-59-66-45-18-12-13-19-48(45)85-59)73(7)49-23-22-43(44-32-65-75(38(44)3)33-39-16-10-8-11-17-39)51(67-49)56(78)72-86(81,82)27-15-9-14-26-83-47-29-40(52-37(2)64-35-84-52)20-21-41(47)31-63-55(77)46-30-42(76)34-74(46)57(79)53(60(4,5)6)68-58(80)61(62)24-25-61/h12-13,18-23,28-29,32,35,39,42,46,53,76H,8-11,14-17,24-27,30-31,33-34H2,1-7H3,(H,63,77)(H,68,80)(H,72,78)(H,66,69,71)/t42-,46+,53-/m1/s1. The van der Waals surface area contributed by atoms with Crippen molar-refractivity contribution in [2.75, 3.05) is 36.2 Å². The average molecular weight is 1230 g/mol. The van der Waals surface area contributed by atoms with Gasteiger partial charge in [0.1, 0.15) is 29.3 Å². The van der Waals surface area contributed by atoms with E-state index >= 15 is 0 Å². The average Bonchev–Trinajstić information content (AvgIpc) is 1.83. The van der Waals surface area contributed by atoms with Gasteiger partial charge in [-0.1, -0.05) is 75.6 Å². The lowest BCUT2D eigenvalue weighted by Gasteiger charge is -2.35. The third-order valence-electron chi connectivity index (χ3n) is 16.3. The van der Waals surface area contributed by atoms with Crippen molar-refractivity contribution in [1.82, 2.24) is 55.2 Å². The molecule has 456 valence electrons. The Labute approximate surface area is 508 Å². The molecule has 3 atom stereocenters. The Morgan fingerprint density at radius 1 is 0.942 bits per heavy atom. The maximum atomic E-state index is 14.8. The van der Waals surface area contributed by atoms with Gasteiger partial charge in [-0.15, -0.1) is 21.5 Å². The zero-order chi connectivity index (χ0) is 61.1. The highest BCUT2D eigenvalue weighted by molar-refractivity contribution is 7.90. The number of aryl methyl sites for hydroxylation is 2. The first-order chi connectivity index (χ1) is 41.0. The van der Waals surface area contributed by atoms with E-state index in [0.29, 0.717) is 63.8 Å². The highest BCUT2D eigenvalue weighted by Crippen LogP contribution is 2.41. The SMILES string of the molecule is Cc1cc(N(C)c2ccc(-c3cnn(CC4CCCCC4)c3C)c(C(=O)NS(=O)(=O)CCCCCOc3cc(-c4scnc4C)ccc3CNC(=O)[C@@H]3C[C@@H](O)CN3C(=O)[C@@H](NC(=O)C3(F)CC3)C(C)(C)C)n2)nnc1Nc1nc2ccccc2s1. The van der Waals surface area contributed by atoms with E-state index in [0.717, 1.165) is 57.0 Å². The molecule has 0 radical (unpaired) electrons. The van der Waals surface area contributed by atoms with Gasteiger partial charge in [-0.3, -0.25) is 23.9 Å². The normalized spacial score (nSPS) is 17.3. The van der Waals surface area contributed by atoms with E-state index in [1.54, 1.807) is 56.6 Å². The number of halogens is 1. The number of pyridine rings is 1. The van der Waals surface area contributed by atoms with Crippen LogP contribution < -0.4 is 30.3 Å². The number of fused-ring (bicyclic) bond motifs is 1. The molecule has 1 saturated heterocycles. The zero-order valence-corrected chi connectivity index (χ0v) is 51.9. The number of anilines is 4. The summed E-state index contributed by atoms with van der Waals surface area (Å²) in [5, 5.41) is 33.9. The molecule has 3 fully saturated rings. The van der Waals surface area contributed by atoms with Crippen LogP contribution in [0.4, 0.5) is 27.0 Å². The predicted octanol–water partition coefficient (Wildman–Crippen LogP) is 9.41. The first-order valence-electron chi connectivity index (χ1n) is 29.3. The van der Waals surface area contributed by atoms with E-state index in [2.05, 4.69) is 40.8 Å². The number of amides is 4. The zero-order valence-electron chi connectivity index (χ0n) is 49.5. The molecule has 1 aliphatic heterocycles. The molecule has 7 aromatic rings. The van der Waals surface area contributed by atoms with Gasteiger partial charge in [0.05, 0.1) is 51.0 Å². The molecule has 0 spiro atoms. The summed E-state index contributed by atoms with van der Waals surface area (Å²) in [6.07, 6.45) is 7.72. The molecule has 2 aromatic carbocycles. The lowest BCUT2D eigenvalue weighted by atomic mass is 9.85. The number of β-amino-alcohol motifs (C(OH)–C–C–N with tert-alkyl or cyclic N) is 1. The van der Waals surface area contributed by atoms with Gasteiger partial charge >= 0.3 is 0 Å². The molecule has 86 heavy (non-hydrogen) atoms. The minimum atomic E-state index is -4.19. The molecule has 2 aliphatic carbocycles. The number of nitrogens with one attached hydrogen (secondary N) is 4. The number of alkyl halides is 1. The summed E-state index contributed by atoms with van der Waals surface area (Å²) in [7, 11) is -2.44. The third kappa shape index (κ3) is 14.3. The Morgan fingerprint density at radius 2 is 1.72 bits per heavy atom. The number of aliphatic hydroxyl groups is 1. The van der Waals surface area contributed by atoms with Crippen LogP contribution >= 0.6 is 22.7 Å². The number of aromatic nitrogens is 7. The van der Waals surface area contributed by atoms with Crippen LogP contribution in [0.15, 0.2) is 72.4 Å². The van der Waals surface area contributed by atoms with Gasteiger partial charge in [0, 0.05) is 55.5 Å². The van der Waals surface area contributed by atoms with Crippen LogP contribution in [-0.4, -0.2) is 127 Å². The highest BCUT2D eigenvalue weighted by atomic mass is 32.2. The maximum Gasteiger partial charge on any atom is 0.284 e. The number of carbonyl (C=O) groups excluding carboxylic acids is 4. The Kier molecular flexibility index (Phi) is 18.5. The van der Waals surface area contributed by atoms with Crippen molar-refractivity contribution in [3.63, 3.8) is 0 Å². The number of para-hydroxylation sites is 1. The summed E-state index contributed by atoms with van der Waals surface area (Å²) < 4.78 is 54.1. The monoisotopic (exact) mass is 1230 g/mol. The summed E-state index contributed by atoms with van der Waals surface area (Å²) in [5.41, 5.74) is 4.68. The van der Waals surface area contributed by atoms with Crippen LogP contribution in [0.2, 0.25) is 0 Å². The molecule has 5 aromatic heterocycles. The van der Waals surface area contributed by atoms with E-state index < -0.39 is 62.9 Å². The summed E-state index contributed by atoms with van der Waals surface area (Å²) in [6, 6.07) is 16.6. The van der Waals surface area contributed by atoms with E-state index in [1.165, 1.54) is 46.8 Å². The molecule has 10 rings (SSSR count). The summed E-state index contributed by atoms with van der Waals surface area (Å²) in [4.78, 5) is 73.0. The van der Waals surface area contributed by atoms with Gasteiger partial charge in [0.2, 0.25) is 21.8 Å². The van der Waals surface area contributed by atoms with Gasteiger partial charge in [0.15, 0.2) is 22.4 Å². The molecule has 25 heteroatoms. The number of rotatable bonds is 23. The second kappa shape index (κ2) is 25.8. The second-order valence-electron chi connectivity index (χ2n) is 23.9. The number of benzene rings is 2. The van der Waals surface area contributed by atoms with Crippen molar-refractivity contribution in [3.05, 3.63) is 101 Å². The minimum Gasteiger partial charge on any atom is -0.493 e. The molecule has 6 heterocycles. The number of sulfonamides is 1. The molecule has 3 aliphatic rings. The highest BCUT2D eigenvalue weighted by Gasteiger charge is 2.53. The second-order valence-corrected chi connectivity index (χ2v) is 27.6. The van der Waals surface area contributed by atoms with E-state index in [4.69, 9.17) is 14.8 Å². The fourth-order valence-corrected chi connectivity index (χ4v) is 13.7. The number of likely N-dealkylation sites (tertiary alicyclic amines) is 1. The van der Waals surface area contributed by atoms with Crippen molar-refractivity contribution < 1.29 is 41.8 Å². The lowest BCUT2D eigenvalue weighted by molar-refractivity contribution is -0.145. The first-order valence-corrected chi connectivity index (χ1v) is 32.6. The quantitative estimate of drug-likeness (QED) is 0.0373. The number of aliphatic hydroxyl groups excluding tert-OH is 1. The molecule has 0 bridgehead atoms. The summed E-state index contributed by atoms with van der Waals surface area (Å²) in [5.74, 6) is -0.973. The topological polar surface area (TPSA) is 269 Å². The predicted molar refractivity (Wildman–Crippen MR) is 330 cm³/mol. The van der Waals surface area contributed by atoms with E-state index in [-0.39, 0.29) is 56.8 Å². The molecular formula is C61H74FN13O8S3. The number of ether oxygens (including phenoxy) is 1. The fraction of sp³-hybridized carbons (Fsp3) is 0.475. The van der Waals surface area contributed by atoms with Crippen LogP contribution in [-0.2, 0) is 37.5 Å². The Hall–Kier alpha value is -7.48. The van der Waals surface area contributed by atoms with Crippen LogP contribution in [0.3, 0.4) is 0 Å². The lowest BCUT2D eigenvalue weighted by Crippen LogP contribution is -2.59. The maximum absolute atomic E-state index is 14.8. The van der Waals surface area contributed by atoms with Crippen molar-refractivity contribution in [2.45, 2.75) is 149 Å². The van der Waals surface area contributed by atoms with Crippen molar-refractivity contribution in [2.24, 2.45) is 11.3 Å². The van der Waals surface area contributed by atoms with Gasteiger partial charge < -0.3 is 35.6 Å². The van der Waals surface area contributed by atoms with Crippen molar-refractivity contribution in [3.8, 4) is 27.3 Å². The van der Waals surface area contributed by atoms with Gasteiger partial charge in [-0.05, 0) is 125 Å². The number of carbonyl (C=O) groups is 4. The number of hydrogen-bond donors (Lipinski definition) is 5. The summed E-state index contributed by atoms with van der Waals surface area (Å²) >= 11 is 2.97. The van der Waals surface area contributed by atoms with Crippen molar-refractivity contribution in [1.29, 1.82) is 0 Å². The minimum absolute atomic E-state index is 0.00428. The van der Waals surface area contributed by atoms with Gasteiger partial charge in [-0.25, -0.2) is 32.5 Å². The Bertz CT molecular complexity index is 3730. The molecule has 0 unspecified atom stereocenters. The largest absolute Gasteiger partial charge is 0.493 e. The third-order valence-corrected chi connectivity index (χ3v) is 19.5. The van der Waals surface area contributed by atoms with Crippen molar-refractivity contribution >= 4 is 89.1 Å². The molecular weight excluding hydrogens is 1160 g/mol. The smallest absolute Gasteiger partial charge is 0.284 e. The van der Waals surface area contributed by atoms with Crippen LogP contribution in [0.25, 0.3) is 31.8 Å². The Morgan fingerprint density at radius 3 is 2.44 bits per heavy atom.